The Hall–Kier alpha value is 0.360. The second-order valence-corrected chi connectivity index (χ2v) is 6.96. The molecular weight excluding hydrogens is 366 g/mol. The lowest BCUT2D eigenvalue weighted by molar-refractivity contribution is 0.282. The van der Waals surface area contributed by atoms with E-state index < -0.39 is 0 Å². The van der Waals surface area contributed by atoms with Crippen LogP contribution in [0.25, 0.3) is 0 Å². The molecule has 0 aliphatic carbocycles. The molecule has 0 unspecified atom stereocenters. The smallest absolute Gasteiger partial charge is 0.0431 e. The van der Waals surface area contributed by atoms with Crippen molar-refractivity contribution >= 4 is 15.9 Å². The van der Waals surface area contributed by atoms with Gasteiger partial charge in [0.15, 0.2) is 0 Å². The predicted molar refractivity (Wildman–Crippen MR) is 113 cm³/mol. The minimum Gasteiger partial charge on any atom is -0.396 e. The molecule has 0 aromatic carbocycles. The lowest BCUT2D eigenvalue weighted by Gasteiger charge is -1.93. The zero-order chi connectivity index (χ0) is 18.7. The van der Waals surface area contributed by atoms with Crippen LogP contribution in [0.15, 0.2) is 0 Å². The normalized spacial score (nSPS) is 9.75. The van der Waals surface area contributed by atoms with Gasteiger partial charge in [-0.2, -0.15) is 0 Å². The van der Waals surface area contributed by atoms with Gasteiger partial charge in [0, 0.05) is 18.5 Å². The van der Waals surface area contributed by atoms with Crippen LogP contribution in [-0.4, -0.2) is 35.3 Å². The molecule has 0 fully saturated rings. The maximum absolute atomic E-state index is 8.37. The highest BCUT2D eigenvalue weighted by Crippen LogP contribution is 2.03. The zero-order valence-corrected chi connectivity index (χ0v) is 18.2. The molecule has 0 saturated carbocycles. The number of rotatable bonds is 15. The molecule has 0 aliphatic rings. The maximum atomic E-state index is 8.37. The average molecular weight is 412 g/mol. The first kappa shape index (κ1) is 29.1. The number of unbranched alkanes of at least 4 members (excludes halogenated alkanes) is 11. The lowest BCUT2D eigenvalue weighted by Crippen LogP contribution is -1.97. The first-order valence-electron chi connectivity index (χ1n) is 10.2. The average Bonchev–Trinajstić information content (AvgIpc) is 2.61. The van der Waals surface area contributed by atoms with Crippen LogP contribution >= 0.6 is 15.9 Å². The highest BCUT2D eigenvalue weighted by molar-refractivity contribution is 9.09. The van der Waals surface area contributed by atoms with Crippen LogP contribution in [0, 0.1) is 0 Å². The Morgan fingerprint density at radius 2 is 0.958 bits per heavy atom. The van der Waals surface area contributed by atoms with E-state index in [0.717, 1.165) is 38.6 Å². The quantitative estimate of drug-likeness (QED) is 0.235. The van der Waals surface area contributed by atoms with E-state index in [2.05, 4.69) is 29.8 Å². The van der Waals surface area contributed by atoms with E-state index in [1.54, 1.807) is 0 Å². The summed E-state index contributed by atoms with van der Waals surface area (Å²) in [5, 5.41) is 17.9. The fourth-order valence-corrected chi connectivity index (χ4v) is 2.42. The molecule has 0 atom stereocenters. The maximum Gasteiger partial charge on any atom is 0.0431 e. The topological polar surface area (TPSA) is 66.5 Å². The summed E-state index contributed by atoms with van der Waals surface area (Å²) in [6.07, 6.45) is 17.3. The number of aliphatic hydroxyl groups excluding tert-OH is 2. The number of hydrogen-bond acceptors (Lipinski definition) is 3. The Bertz CT molecular complexity index is 125. The van der Waals surface area contributed by atoms with E-state index in [4.69, 9.17) is 15.9 Å². The van der Waals surface area contributed by atoms with Gasteiger partial charge in [0.2, 0.25) is 0 Å². The second-order valence-electron chi connectivity index (χ2n) is 6.17. The Morgan fingerprint density at radius 1 is 0.583 bits per heavy atom. The van der Waals surface area contributed by atoms with Gasteiger partial charge in [-0.1, -0.05) is 94.0 Å². The first-order chi connectivity index (χ1) is 11.7. The van der Waals surface area contributed by atoms with Crippen LogP contribution in [0.5, 0.6) is 0 Å². The third-order valence-electron chi connectivity index (χ3n) is 3.61. The summed E-state index contributed by atoms with van der Waals surface area (Å²) in [5.74, 6) is 0. The largest absolute Gasteiger partial charge is 0.396 e. The van der Waals surface area contributed by atoms with Gasteiger partial charge in [-0.25, -0.2) is 0 Å². The number of nitrogens with two attached hydrogens (primary N) is 1. The molecule has 4 N–H and O–H groups in total. The Labute approximate surface area is 160 Å². The fourth-order valence-electron chi connectivity index (χ4n) is 2.02. The van der Waals surface area contributed by atoms with E-state index in [9.17, 15) is 0 Å². The highest BCUT2D eigenvalue weighted by Gasteiger charge is 1.85. The van der Waals surface area contributed by atoms with Gasteiger partial charge in [-0.05, 0) is 32.2 Å². The third-order valence-corrected chi connectivity index (χ3v) is 4.17. The molecule has 0 rings (SSSR count). The Balaban J connectivity index is -0.000000276. The van der Waals surface area contributed by atoms with Crippen molar-refractivity contribution in [1.29, 1.82) is 0 Å². The molecule has 0 aromatic heterocycles. The standard InChI is InChI=1S/C7H15Br.C7H16O.C6H15NO/c2*1-2-3-4-5-6-7-8;7-5-3-1-2-4-6-8/h2-7H2,1H3;8H,2-7H2,1H3;8H,1-7H2. The summed E-state index contributed by atoms with van der Waals surface area (Å²) < 4.78 is 0. The summed E-state index contributed by atoms with van der Waals surface area (Å²) >= 11 is 3.40. The van der Waals surface area contributed by atoms with Crippen LogP contribution in [0.4, 0.5) is 0 Å². The second kappa shape index (κ2) is 34.6. The van der Waals surface area contributed by atoms with Crippen LogP contribution in [0.3, 0.4) is 0 Å². The van der Waals surface area contributed by atoms with Crippen LogP contribution < -0.4 is 5.73 Å². The van der Waals surface area contributed by atoms with Crippen molar-refractivity contribution in [2.45, 2.75) is 104 Å². The first-order valence-corrected chi connectivity index (χ1v) is 11.3. The van der Waals surface area contributed by atoms with Crippen molar-refractivity contribution in [1.82, 2.24) is 0 Å². The molecule has 0 radical (unpaired) electrons. The molecule has 0 saturated heterocycles. The molecule has 0 aliphatic heterocycles. The van der Waals surface area contributed by atoms with Crippen LogP contribution in [0.2, 0.25) is 0 Å². The Kier molecular flexibility index (Phi) is 42.1. The SMILES string of the molecule is CCCCCCCBr.CCCCCCCO.NCCCCCCO. The van der Waals surface area contributed by atoms with Crippen molar-refractivity contribution in [3.8, 4) is 0 Å². The van der Waals surface area contributed by atoms with E-state index in [1.165, 1.54) is 63.1 Å². The van der Waals surface area contributed by atoms with E-state index >= 15 is 0 Å². The Morgan fingerprint density at radius 3 is 1.29 bits per heavy atom. The summed E-state index contributed by atoms with van der Waals surface area (Å²) in [7, 11) is 0. The van der Waals surface area contributed by atoms with Gasteiger partial charge in [0.05, 0.1) is 0 Å². The number of hydrogen-bond donors (Lipinski definition) is 3. The number of aliphatic hydroxyl groups is 2. The van der Waals surface area contributed by atoms with Gasteiger partial charge in [-0.15, -0.1) is 0 Å². The van der Waals surface area contributed by atoms with Gasteiger partial charge in [0.25, 0.3) is 0 Å². The summed E-state index contributed by atoms with van der Waals surface area (Å²) in [4.78, 5) is 0. The molecule has 4 heteroatoms. The summed E-state index contributed by atoms with van der Waals surface area (Å²) in [6.45, 7) is 5.91. The molecule has 0 spiro atoms. The van der Waals surface area contributed by atoms with E-state index in [0.29, 0.717) is 13.2 Å². The molecule has 0 bridgehead atoms. The molecule has 3 nitrogen and oxygen atoms in total. The minimum atomic E-state index is 0.324. The molecule has 0 heterocycles. The predicted octanol–water partition coefficient (Wildman–Crippen LogP) is 5.80. The van der Waals surface area contributed by atoms with Crippen LogP contribution in [0.1, 0.15) is 104 Å². The zero-order valence-electron chi connectivity index (χ0n) is 16.6. The molecular formula is C20H46BrNO2. The summed E-state index contributed by atoms with van der Waals surface area (Å²) in [6, 6.07) is 0. The van der Waals surface area contributed by atoms with Gasteiger partial charge >= 0.3 is 0 Å². The molecule has 0 aromatic rings. The van der Waals surface area contributed by atoms with E-state index in [1.807, 2.05) is 0 Å². The number of alkyl halides is 1. The summed E-state index contributed by atoms with van der Waals surface area (Å²) in [5.41, 5.74) is 5.25. The van der Waals surface area contributed by atoms with Crippen molar-refractivity contribution in [3.63, 3.8) is 0 Å². The minimum absolute atomic E-state index is 0.324. The van der Waals surface area contributed by atoms with Crippen molar-refractivity contribution in [2.24, 2.45) is 5.73 Å². The lowest BCUT2D eigenvalue weighted by atomic mass is 10.2. The monoisotopic (exact) mass is 411 g/mol. The highest BCUT2D eigenvalue weighted by atomic mass is 79.9. The molecule has 24 heavy (non-hydrogen) atoms. The number of halogens is 1. The van der Waals surface area contributed by atoms with Gasteiger partial charge < -0.3 is 15.9 Å². The fraction of sp³-hybridized carbons (Fsp3) is 1.00. The molecule has 0 amide bonds. The van der Waals surface area contributed by atoms with Crippen molar-refractivity contribution in [2.75, 3.05) is 25.1 Å². The van der Waals surface area contributed by atoms with Crippen molar-refractivity contribution in [3.05, 3.63) is 0 Å². The molecule has 150 valence electrons. The third kappa shape index (κ3) is 43.2. The van der Waals surface area contributed by atoms with Crippen LogP contribution in [-0.2, 0) is 0 Å². The van der Waals surface area contributed by atoms with Gasteiger partial charge in [0.1, 0.15) is 0 Å². The van der Waals surface area contributed by atoms with E-state index in [-0.39, 0.29) is 0 Å². The van der Waals surface area contributed by atoms with Crippen molar-refractivity contribution < 1.29 is 10.2 Å². The van der Waals surface area contributed by atoms with Gasteiger partial charge in [-0.3, -0.25) is 0 Å².